The molecule has 1 aliphatic rings. The minimum atomic E-state index is 0.472. The van der Waals surface area contributed by atoms with Crippen LogP contribution in [0.2, 0.25) is 0 Å². The summed E-state index contributed by atoms with van der Waals surface area (Å²) in [7, 11) is 0. The maximum Gasteiger partial charge on any atom is 0.0279 e. The second-order valence-electron chi connectivity index (χ2n) is 4.51. The maximum absolute atomic E-state index is 5.67. The van der Waals surface area contributed by atoms with E-state index in [9.17, 15) is 0 Å². The Hall–Kier alpha value is -0.380. The van der Waals surface area contributed by atoms with Crippen LogP contribution < -0.4 is 11.3 Å². The summed E-state index contributed by atoms with van der Waals surface area (Å²) in [5.74, 6) is 6.45. The summed E-state index contributed by atoms with van der Waals surface area (Å²) in [6.45, 7) is 0. The van der Waals surface area contributed by atoms with E-state index in [1.54, 1.807) is 11.3 Å². The smallest absolute Gasteiger partial charge is 0.0279 e. The van der Waals surface area contributed by atoms with E-state index < -0.39 is 0 Å². The van der Waals surface area contributed by atoms with Crippen LogP contribution in [0.3, 0.4) is 0 Å². The Bertz CT molecular complexity index is 265. The summed E-state index contributed by atoms with van der Waals surface area (Å²) in [5, 5.41) is 4.37. The van der Waals surface area contributed by atoms with Crippen molar-refractivity contribution in [3.05, 3.63) is 22.4 Å². The first-order valence-electron chi connectivity index (χ1n) is 5.87. The molecule has 1 heterocycles. The fraction of sp³-hybridized carbons (Fsp3) is 0.667. The average molecular weight is 224 g/mol. The van der Waals surface area contributed by atoms with Gasteiger partial charge in [-0.3, -0.25) is 11.3 Å². The summed E-state index contributed by atoms with van der Waals surface area (Å²) in [6.07, 6.45) is 7.95. The number of hydrogen-bond acceptors (Lipinski definition) is 3. The maximum atomic E-state index is 5.67. The molecule has 1 aliphatic carbocycles. The van der Waals surface area contributed by atoms with Gasteiger partial charge in [-0.2, -0.15) is 11.3 Å². The first-order valence-corrected chi connectivity index (χ1v) is 6.81. The Labute approximate surface area is 95.8 Å². The van der Waals surface area contributed by atoms with Crippen LogP contribution in [0.5, 0.6) is 0 Å². The molecule has 2 rings (SSSR count). The fourth-order valence-corrected chi connectivity index (χ4v) is 3.24. The molecule has 0 aromatic carbocycles. The zero-order valence-electron chi connectivity index (χ0n) is 9.11. The van der Waals surface area contributed by atoms with Gasteiger partial charge in [0.1, 0.15) is 0 Å². The largest absolute Gasteiger partial charge is 0.271 e. The molecule has 1 aromatic rings. The second-order valence-corrected chi connectivity index (χ2v) is 5.29. The standard InChI is InChI=1S/C12H20N2S/c13-14-12(8-10-6-7-15-9-10)11-4-2-1-3-5-11/h6-7,9,11-12,14H,1-5,8,13H2. The van der Waals surface area contributed by atoms with Crippen LogP contribution in [0.15, 0.2) is 16.8 Å². The monoisotopic (exact) mass is 224 g/mol. The third kappa shape index (κ3) is 3.03. The zero-order chi connectivity index (χ0) is 10.5. The Morgan fingerprint density at radius 1 is 1.40 bits per heavy atom. The predicted octanol–water partition coefficient (Wildman–Crippen LogP) is 2.70. The predicted molar refractivity (Wildman–Crippen MR) is 65.7 cm³/mol. The van der Waals surface area contributed by atoms with Crippen molar-refractivity contribution in [3.8, 4) is 0 Å². The van der Waals surface area contributed by atoms with Crippen LogP contribution in [-0.4, -0.2) is 6.04 Å². The van der Waals surface area contributed by atoms with Gasteiger partial charge in [-0.05, 0) is 47.6 Å². The van der Waals surface area contributed by atoms with Crippen LogP contribution in [0.25, 0.3) is 0 Å². The molecule has 15 heavy (non-hydrogen) atoms. The fourth-order valence-electron chi connectivity index (χ4n) is 2.56. The van der Waals surface area contributed by atoms with Gasteiger partial charge in [0, 0.05) is 6.04 Å². The zero-order valence-corrected chi connectivity index (χ0v) is 9.93. The molecule has 1 fully saturated rings. The van der Waals surface area contributed by atoms with Gasteiger partial charge < -0.3 is 0 Å². The third-order valence-electron chi connectivity index (χ3n) is 3.47. The molecular formula is C12H20N2S. The van der Waals surface area contributed by atoms with E-state index >= 15 is 0 Å². The van der Waals surface area contributed by atoms with Crippen LogP contribution in [0.1, 0.15) is 37.7 Å². The van der Waals surface area contributed by atoms with E-state index in [0.29, 0.717) is 6.04 Å². The highest BCUT2D eigenvalue weighted by Gasteiger charge is 2.22. The molecule has 0 radical (unpaired) electrons. The van der Waals surface area contributed by atoms with E-state index in [1.165, 1.54) is 37.7 Å². The lowest BCUT2D eigenvalue weighted by Crippen LogP contribution is -2.43. The normalized spacial score (nSPS) is 20.3. The Kier molecular flexibility index (Phi) is 4.18. The van der Waals surface area contributed by atoms with E-state index in [1.807, 2.05) is 0 Å². The quantitative estimate of drug-likeness (QED) is 0.609. The van der Waals surface area contributed by atoms with Gasteiger partial charge in [0.05, 0.1) is 0 Å². The van der Waals surface area contributed by atoms with E-state index in [4.69, 9.17) is 5.84 Å². The minimum absolute atomic E-state index is 0.472. The lowest BCUT2D eigenvalue weighted by molar-refractivity contribution is 0.269. The summed E-state index contributed by atoms with van der Waals surface area (Å²) in [4.78, 5) is 0. The van der Waals surface area contributed by atoms with Crippen LogP contribution in [-0.2, 0) is 6.42 Å². The molecule has 0 saturated heterocycles. The number of hydrogen-bond donors (Lipinski definition) is 2. The molecule has 0 bridgehead atoms. The molecule has 1 saturated carbocycles. The van der Waals surface area contributed by atoms with Crippen molar-refractivity contribution < 1.29 is 0 Å². The lowest BCUT2D eigenvalue weighted by Gasteiger charge is -2.29. The van der Waals surface area contributed by atoms with E-state index in [2.05, 4.69) is 22.3 Å². The molecule has 0 spiro atoms. The van der Waals surface area contributed by atoms with Gasteiger partial charge in [-0.25, -0.2) is 0 Å². The van der Waals surface area contributed by atoms with Gasteiger partial charge in [-0.1, -0.05) is 19.3 Å². The number of nitrogens with two attached hydrogens (primary N) is 1. The summed E-state index contributed by atoms with van der Waals surface area (Å²) < 4.78 is 0. The summed E-state index contributed by atoms with van der Waals surface area (Å²) in [6, 6.07) is 2.68. The molecular weight excluding hydrogens is 204 g/mol. The third-order valence-corrected chi connectivity index (χ3v) is 4.20. The topological polar surface area (TPSA) is 38.0 Å². The van der Waals surface area contributed by atoms with E-state index in [0.717, 1.165) is 12.3 Å². The Morgan fingerprint density at radius 3 is 2.80 bits per heavy atom. The van der Waals surface area contributed by atoms with Gasteiger partial charge in [0.2, 0.25) is 0 Å². The van der Waals surface area contributed by atoms with Crippen LogP contribution in [0, 0.1) is 5.92 Å². The summed E-state index contributed by atoms with van der Waals surface area (Å²) in [5.41, 5.74) is 4.44. The van der Waals surface area contributed by atoms with Crippen molar-refractivity contribution in [3.63, 3.8) is 0 Å². The molecule has 0 amide bonds. The van der Waals surface area contributed by atoms with Crippen molar-refractivity contribution in [1.82, 2.24) is 5.43 Å². The summed E-state index contributed by atoms with van der Waals surface area (Å²) >= 11 is 1.77. The van der Waals surface area contributed by atoms with Gasteiger partial charge in [0.25, 0.3) is 0 Å². The molecule has 3 N–H and O–H groups in total. The van der Waals surface area contributed by atoms with Gasteiger partial charge in [0.15, 0.2) is 0 Å². The number of nitrogens with one attached hydrogen (secondary N) is 1. The first-order chi connectivity index (χ1) is 7.40. The number of rotatable bonds is 4. The molecule has 3 heteroatoms. The Balaban J connectivity index is 1.91. The molecule has 0 aliphatic heterocycles. The first kappa shape index (κ1) is 11.1. The van der Waals surface area contributed by atoms with Crippen molar-refractivity contribution in [1.29, 1.82) is 0 Å². The number of thiophene rings is 1. The highest BCUT2D eigenvalue weighted by molar-refractivity contribution is 7.07. The Morgan fingerprint density at radius 2 is 2.20 bits per heavy atom. The van der Waals surface area contributed by atoms with Gasteiger partial charge >= 0.3 is 0 Å². The van der Waals surface area contributed by atoms with Crippen molar-refractivity contribution in [2.75, 3.05) is 0 Å². The van der Waals surface area contributed by atoms with Crippen molar-refractivity contribution >= 4 is 11.3 Å². The van der Waals surface area contributed by atoms with Crippen LogP contribution in [0.4, 0.5) is 0 Å². The average Bonchev–Trinajstić information content (AvgIpc) is 2.80. The molecule has 1 atom stereocenters. The number of hydrazine groups is 1. The second kappa shape index (κ2) is 5.64. The van der Waals surface area contributed by atoms with Gasteiger partial charge in [-0.15, -0.1) is 0 Å². The molecule has 1 unspecified atom stereocenters. The van der Waals surface area contributed by atoms with E-state index in [-0.39, 0.29) is 0 Å². The SMILES string of the molecule is NNC(Cc1ccsc1)C1CCCCC1. The molecule has 1 aromatic heterocycles. The minimum Gasteiger partial charge on any atom is -0.271 e. The molecule has 84 valence electrons. The highest BCUT2D eigenvalue weighted by Crippen LogP contribution is 2.27. The highest BCUT2D eigenvalue weighted by atomic mass is 32.1. The molecule has 2 nitrogen and oxygen atoms in total. The van der Waals surface area contributed by atoms with Crippen molar-refractivity contribution in [2.24, 2.45) is 11.8 Å². The van der Waals surface area contributed by atoms with Crippen molar-refractivity contribution in [2.45, 2.75) is 44.6 Å². The van der Waals surface area contributed by atoms with Crippen LogP contribution >= 0.6 is 11.3 Å². The lowest BCUT2D eigenvalue weighted by atomic mass is 9.82.